The molecule has 10 nitrogen and oxygen atoms in total. The molecule has 0 amide bonds. The number of aryl methyl sites for hydroxylation is 5. The number of hydrogen-bond donors (Lipinski definition) is 0. The molecule has 0 aliphatic rings. The van der Waals surface area contributed by atoms with Crippen molar-refractivity contribution >= 4 is 0 Å². The average Bonchev–Trinajstić information content (AvgIpc) is 3.28. The van der Waals surface area contributed by atoms with E-state index in [0.29, 0.717) is 0 Å². The molecule has 0 radical (unpaired) electrons. The van der Waals surface area contributed by atoms with Crippen LogP contribution in [0.5, 0.6) is 0 Å². The summed E-state index contributed by atoms with van der Waals surface area (Å²) in [6, 6.07) is 9.52. The molecule has 0 saturated heterocycles. The summed E-state index contributed by atoms with van der Waals surface area (Å²) in [5.41, 5.74) is 3.04. The molecule has 0 bridgehead atoms. The zero-order valence-corrected chi connectivity index (χ0v) is 44.2. The highest BCUT2D eigenvalue weighted by molar-refractivity contribution is 5.00. The minimum Gasteiger partial charge on any atom is -0.262 e. The van der Waals surface area contributed by atoms with E-state index in [1.165, 1.54) is 51.1 Å². The molecule has 0 aliphatic heterocycles. The summed E-state index contributed by atoms with van der Waals surface area (Å²) in [6.45, 7) is 50.7. The Kier molecular flexibility index (Phi) is 138. The van der Waals surface area contributed by atoms with E-state index >= 15 is 0 Å². The second-order valence-corrected chi connectivity index (χ2v) is 10.2. The summed E-state index contributed by atoms with van der Waals surface area (Å²) in [5, 5.41) is 0. The van der Waals surface area contributed by atoms with Gasteiger partial charge in [0.15, 0.2) is 0 Å². The lowest BCUT2D eigenvalue weighted by molar-refractivity contribution is 0.974. The van der Waals surface area contributed by atoms with Crippen LogP contribution in [0, 0.1) is 34.6 Å². The molecule has 0 aromatic carbocycles. The first-order valence-corrected chi connectivity index (χ1v) is 22.7. The highest BCUT2D eigenvalue weighted by atomic mass is 15.0. The SMILES string of the molecule is C.CC.CC.CC.CC.CC.CCC.CCC.CCC.CCC.CCC.Cc1ccccn1.Cc1ccncn1.Cc1cnccn1.Cc1ncccn1.Cc1ncncn1. The zero-order valence-electron chi connectivity index (χ0n) is 44.2. The standard InChI is InChI=1S/C6H7N.3C5H6N2.C4H5N3.5C3H8.5C2H6.CH4/c1-6-4-2-3-5-7-6;1-5-4-6-2-3-7-5;1-5-2-3-6-4-7-5;1-5-6-3-2-4-7-5;1-4-6-2-5-3-7-4;5*1-3-2;5*1-2;/h2-5H,1H3;3*2-4H,1H3;2-3H,1H3;5*3H2,1-2H3;5*1-2H3;1H4. The monoisotopic (exact) mass is 857 g/mol. The first-order valence-electron chi connectivity index (χ1n) is 22.7. The van der Waals surface area contributed by atoms with Gasteiger partial charge in [0.1, 0.15) is 30.6 Å². The van der Waals surface area contributed by atoms with Crippen LogP contribution >= 0.6 is 0 Å². The normalized spacial score (nSPS) is 6.97. The number of aromatic nitrogens is 10. The van der Waals surface area contributed by atoms with E-state index in [1.807, 2.05) is 128 Å². The summed E-state index contributed by atoms with van der Waals surface area (Å²) < 4.78 is 0. The fraction of sp³-hybridized carbons (Fsp3) is 0.608. The Balaban J connectivity index is -0.0000000503. The molecule has 0 N–H and O–H groups in total. The smallest absolute Gasteiger partial charge is 0.128 e. The van der Waals surface area contributed by atoms with Crippen LogP contribution in [0.4, 0.5) is 0 Å². The Hall–Kier alpha value is -4.60. The zero-order chi connectivity index (χ0) is 49.1. The van der Waals surface area contributed by atoms with E-state index in [0.717, 1.165) is 28.7 Å². The summed E-state index contributed by atoms with van der Waals surface area (Å²) in [5.74, 6) is 1.58. The second kappa shape index (κ2) is 100. The van der Waals surface area contributed by atoms with Crippen molar-refractivity contribution in [2.75, 3.05) is 0 Å². The molecule has 0 fully saturated rings. The van der Waals surface area contributed by atoms with Crippen LogP contribution in [0.1, 0.15) is 207 Å². The van der Waals surface area contributed by atoms with Crippen molar-refractivity contribution in [1.82, 2.24) is 49.8 Å². The number of hydrogen-bond acceptors (Lipinski definition) is 10. The Morgan fingerprint density at radius 1 is 0.311 bits per heavy atom. The van der Waals surface area contributed by atoms with Gasteiger partial charge in [-0.1, -0.05) is 184 Å². The molecule has 0 unspecified atom stereocenters. The van der Waals surface area contributed by atoms with E-state index in [9.17, 15) is 0 Å². The van der Waals surface area contributed by atoms with Crippen molar-refractivity contribution in [2.45, 2.75) is 213 Å². The van der Waals surface area contributed by atoms with Crippen molar-refractivity contribution < 1.29 is 0 Å². The van der Waals surface area contributed by atoms with E-state index in [4.69, 9.17) is 0 Å². The summed E-state index contributed by atoms with van der Waals surface area (Å²) in [6.07, 6.45) is 22.8. The lowest BCUT2D eigenvalue weighted by atomic mass is 10.4. The van der Waals surface area contributed by atoms with Gasteiger partial charge in [-0.15, -0.1) is 0 Å². The molecule has 5 heterocycles. The van der Waals surface area contributed by atoms with Crippen molar-refractivity contribution in [3.63, 3.8) is 0 Å². The highest BCUT2D eigenvalue weighted by Crippen LogP contribution is 1.86. The maximum atomic E-state index is 3.98. The Labute approximate surface area is 382 Å². The minimum atomic E-state index is 0. The molecular weight excluding hydrogens is 753 g/mol. The van der Waals surface area contributed by atoms with Crippen molar-refractivity contribution in [3.05, 3.63) is 121 Å². The van der Waals surface area contributed by atoms with Crippen LogP contribution in [0.25, 0.3) is 0 Å². The van der Waals surface area contributed by atoms with Gasteiger partial charge in [0.25, 0.3) is 0 Å². The fourth-order valence-electron chi connectivity index (χ4n) is 1.85. The van der Waals surface area contributed by atoms with Crippen LogP contribution in [0.15, 0.2) is 92.7 Å². The van der Waals surface area contributed by atoms with Crippen molar-refractivity contribution in [2.24, 2.45) is 0 Å². The molecule has 5 rings (SSSR count). The molecule has 61 heavy (non-hydrogen) atoms. The molecule has 5 aromatic rings. The minimum absolute atomic E-state index is 0. The number of nitrogens with zero attached hydrogens (tertiary/aromatic N) is 10. The molecule has 358 valence electrons. The van der Waals surface area contributed by atoms with Crippen molar-refractivity contribution in [1.29, 1.82) is 0 Å². The van der Waals surface area contributed by atoms with Gasteiger partial charge in [-0.25, -0.2) is 34.9 Å². The van der Waals surface area contributed by atoms with E-state index in [-0.39, 0.29) is 7.43 Å². The van der Waals surface area contributed by atoms with Gasteiger partial charge in [-0.05, 0) is 58.9 Å². The Morgan fingerprint density at radius 3 is 0.820 bits per heavy atom. The van der Waals surface area contributed by atoms with Crippen molar-refractivity contribution in [3.8, 4) is 0 Å². The predicted octanol–water partition coefficient (Wildman–Crippen LogP) is 16.8. The third kappa shape index (κ3) is 126. The third-order valence-corrected chi connectivity index (χ3v) is 3.55. The first-order chi connectivity index (χ1) is 29.0. The number of rotatable bonds is 0. The first kappa shape index (κ1) is 84.0. The molecule has 0 atom stereocenters. The molecule has 0 saturated carbocycles. The average molecular weight is 857 g/mol. The molecule has 0 spiro atoms. The third-order valence-electron chi connectivity index (χ3n) is 3.55. The Morgan fingerprint density at radius 2 is 0.656 bits per heavy atom. The van der Waals surface area contributed by atoms with E-state index < -0.39 is 0 Å². The molecule has 0 aliphatic carbocycles. The fourth-order valence-corrected chi connectivity index (χ4v) is 1.85. The van der Waals surface area contributed by atoms with Gasteiger partial charge in [-0.3, -0.25) is 15.0 Å². The van der Waals surface area contributed by atoms with Crippen LogP contribution in [0.2, 0.25) is 0 Å². The van der Waals surface area contributed by atoms with Gasteiger partial charge in [0.05, 0.1) is 5.69 Å². The summed E-state index contributed by atoms with van der Waals surface area (Å²) in [7, 11) is 0. The van der Waals surface area contributed by atoms with Crippen LogP contribution in [-0.2, 0) is 0 Å². The van der Waals surface area contributed by atoms with Crippen LogP contribution in [-0.4, -0.2) is 49.8 Å². The second-order valence-electron chi connectivity index (χ2n) is 10.2. The maximum Gasteiger partial charge on any atom is 0.128 e. The largest absolute Gasteiger partial charge is 0.262 e. The van der Waals surface area contributed by atoms with Gasteiger partial charge in [0, 0.05) is 54.8 Å². The van der Waals surface area contributed by atoms with Gasteiger partial charge >= 0.3 is 0 Å². The quantitative estimate of drug-likeness (QED) is 0.148. The van der Waals surface area contributed by atoms with Gasteiger partial charge in [-0.2, -0.15) is 0 Å². The lowest BCUT2D eigenvalue weighted by Crippen LogP contribution is -1.84. The maximum absolute atomic E-state index is 3.98. The summed E-state index contributed by atoms with van der Waals surface area (Å²) in [4.78, 5) is 38.2. The number of pyridine rings is 1. The van der Waals surface area contributed by atoms with Gasteiger partial charge < -0.3 is 0 Å². The lowest BCUT2D eigenvalue weighted by Gasteiger charge is -1.82. The molecular formula is C51H104N10. The van der Waals surface area contributed by atoms with E-state index in [2.05, 4.69) is 119 Å². The topological polar surface area (TPSA) is 129 Å². The predicted molar refractivity (Wildman–Crippen MR) is 277 cm³/mol. The highest BCUT2D eigenvalue weighted by Gasteiger charge is 1.77. The van der Waals surface area contributed by atoms with Crippen LogP contribution < -0.4 is 0 Å². The molecule has 10 heteroatoms. The van der Waals surface area contributed by atoms with Crippen LogP contribution in [0.3, 0.4) is 0 Å². The van der Waals surface area contributed by atoms with Gasteiger partial charge in [0.2, 0.25) is 0 Å². The molecule has 5 aromatic heterocycles. The van der Waals surface area contributed by atoms with E-state index in [1.54, 1.807) is 49.4 Å². The Bertz CT molecular complexity index is 975. The summed E-state index contributed by atoms with van der Waals surface area (Å²) >= 11 is 0.